The van der Waals surface area contributed by atoms with Gasteiger partial charge in [0.15, 0.2) is 0 Å². The molecule has 0 spiro atoms. The average molecular weight is 351 g/mol. The minimum absolute atomic E-state index is 0.228. The standard InChI is InChI=1S/C13H8BrFN4O2/c14-7-3-9-10(19-13(21)18-9)4-8(7)17-12(20)6-1-2-11(15)16-5-6/h1-5H,(H,17,20)(H2,18,19,21). The Morgan fingerprint density at radius 2 is 1.95 bits per heavy atom. The van der Waals surface area contributed by atoms with Crippen LogP contribution in [0.15, 0.2) is 39.7 Å². The summed E-state index contributed by atoms with van der Waals surface area (Å²) in [5, 5.41) is 2.66. The number of rotatable bonds is 2. The van der Waals surface area contributed by atoms with Crippen LogP contribution < -0.4 is 11.0 Å². The number of nitrogens with zero attached hydrogens (tertiary/aromatic N) is 1. The molecule has 0 fully saturated rings. The first-order valence-electron chi connectivity index (χ1n) is 5.87. The molecular weight excluding hydrogens is 343 g/mol. The lowest BCUT2D eigenvalue weighted by molar-refractivity contribution is 0.102. The van der Waals surface area contributed by atoms with Crippen LogP contribution in [-0.4, -0.2) is 20.9 Å². The zero-order valence-corrected chi connectivity index (χ0v) is 12.0. The number of aromatic nitrogens is 3. The molecule has 21 heavy (non-hydrogen) atoms. The van der Waals surface area contributed by atoms with Crippen LogP contribution >= 0.6 is 15.9 Å². The molecule has 3 rings (SSSR count). The quantitative estimate of drug-likeness (QED) is 0.620. The highest BCUT2D eigenvalue weighted by atomic mass is 79.9. The van der Waals surface area contributed by atoms with Crippen molar-refractivity contribution in [3.05, 3.63) is 56.9 Å². The van der Waals surface area contributed by atoms with Gasteiger partial charge in [0.2, 0.25) is 5.95 Å². The van der Waals surface area contributed by atoms with Gasteiger partial charge in [0.05, 0.1) is 22.3 Å². The molecule has 0 aliphatic heterocycles. The first-order chi connectivity index (χ1) is 10.0. The van der Waals surface area contributed by atoms with Crippen LogP contribution in [0.1, 0.15) is 10.4 Å². The van der Waals surface area contributed by atoms with E-state index in [2.05, 4.69) is 36.2 Å². The summed E-state index contributed by atoms with van der Waals surface area (Å²) in [6.07, 6.45) is 1.15. The molecule has 0 bridgehead atoms. The predicted octanol–water partition coefficient (Wildman–Crippen LogP) is 2.41. The van der Waals surface area contributed by atoms with Crippen molar-refractivity contribution in [1.82, 2.24) is 15.0 Å². The summed E-state index contributed by atoms with van der Waals surface area (Å²) >= 11 is 3.31. The lowest BCUT2D eigenvalue weighted by Gasteiger charge is -2.07. The number of carbonyl (C=O) groups is 1. The number of fused-ring (bicyclic) bond motifs is 1. The molecular formula is C13H8BrFN4O2. The van der Waals surface area contributed by atoms with E-state index < -0.39 is 11.9 Å². The fraction of sp³-hybridized carbons (Fsp3) is 0. The third kappa shape index (κ3) is 2.70. The van der Waals surface area contributed by atoms with Crippen molar-refractivity contribution in [1.29, 1.82) is 0 Å². The maximum Gasteiger partial charge on any atom is 0.323 e. The van der Waals surface area contributed by atoms with Gasteiger partial charge in [0.25, 0.3) is 5.91 Å². The van der Waals surface area contributed by atoms with Crippen LogP contribution in [0.25, 0.3) is 11.0 Å². The Morgan fingerprint density at radius 3 is 2.62 bits per heavy atom. The highest BCUT2D eigenvalue weighted by Gasteiger charge is 2.11. The summed E-state index contributed by atoms with van der Waals surface area (Å²) in [6.45, 7) is 0. The minimum atomic E-state index is -0.654. The first-order valence-corrected chi connectivity index (χ1v) is 6.67. The second-order valence-corrected chi connectivity index (χ2v) is 5.13. The number of hydrogen-bond donors (Lipinski definition) is 3. The van der Waals surface area contributed by atoms with Crippen LogP contribution in [0.2, 0.25) is 0 Å². The lowest BCUT2D eigenvalue weighted by Crippen LogP contribution is -2.12. The number of H-pyrrole nitrogens is 2. The third-order valence-corrected chi connectivity index (χ3v) is 3.50. The van der Waals surface area contributed by atoms with Crippen LogP contribution in [-0.2, 0) is 0 Å². The number of anilines is 1. The van der Waals surface area contributed by atoms with E-state index in [1.807, 2.05) is 0 Å². The number of aromatic amines is 2. The smallest absolute Gasteiger partial charge is 0.321 e. The van der Waals surface area contributed by atoms with Gasteiger partial charge in [-0.25, -0.2) is 9.78 Å². The van der Waals surface area contributed by atoms with Crippen LogP contribution in [0, 0.1) is 5.95 Å². The van der Waals surface area contributed by atoms with Gasteiger partial charge in [0.1, 0.15) is 0 Å². The number of imidazole rings is 1. The number of amides is 1. The largest absolute Gasteiger partial charge is 0.323 e. The SMILES string of the molecule is O=C(Nc1cc2[nH]c(=O)[nH]c2cc1Br)c1ccc(F)nc1. The van der Waals surface area contributed by atoms with Crippen molar-refractivity contribution >= 4 is 38.6 Å². The summed E-state index contributed by atoms with van der Waals surface area (Å²) in [5.74, 6) is -1.08. The van der Waals surface area contributed by atoms with E-state index in [-0.39, 0.29) is 11.3 Å². The Kier molecular flexibility index (Phi) is 3.30. The number of nitrogens with one attached hydrogen (secondary N) is 3. The van der Waals surface area contributed by atoms with Crippen LogP contribution in [0.5, 0.6) is 0 Å². The number of carbonyl (C=O) groups excluding carboxylic acids is 1. The van der Waals surface area contributed by atoms with E-state index in [0.29, 0.717) is 21.2 Å². The fourth-order valence-corrected chi connectivity index (χ4v) is 2.30. The van der Waals surface area contributed by atoms with E-state index in [1.54, 1.807) is 12.1 Å². The second-order valence-electron chi connectivity index (χ2n) is 4.28. The molecule has 0 aliphatic carbocycles. The Labute approximate surface area is 125 Å². The summed E-state index contributed by atoms with van der Waals surface area (Å²) in [6, 6.07) is 5.73. The van der Waals surface area contributed by atoms with Gasteiger partial charge in [-0.2, -0.15) is 4.39 Å². The van der Waals surface area contributed by atoms with E-state index in [4.69, 9.17) is 0 Å². The summed E-state index contributed by atoms with van der Waals surface area (Å²) in [5.41, 5.74) is 1.56. The van der Waals surface area contributed by atoms with E-state index in [0.717, 1.165) is 12.3 Å². The van der Waals surface area contributed by atoms with Crippen molar-refractivity contribution in [2.24, 2.45) is 0 Å². The molecule has 0 saturated heterocycles. The highest BCUT2D eigenvalue weighted by molar-refractivity contribution is 9.10. The molecule has 3 aromatic rings. The monoisotopic (exact) mass is 350 g/mol. The molecule has 0 unspecified atom stereocenters. The molecule has 106 valence electrons. The second kappa shape index (κ2) is 5.13. The van der Waals surface area contributed by atoms with E-state index in [1.165, 1.54) is 6.07 Å². The van der Waals surface area contributed by atoms with Gasteiger partial charge in [-0.15, -0.1) is 0 Å². The Hall–Kier alpha value is -2.48. The molecule has 0 atom stereocenters. The molecule has 0 radical (unpaired) electrons. The first kappa shape index (κ1) is 13.5. The van der Waals surface area contributed by atoms with Gasteiger partial charge in [-0.05, 0) is 40.2 Å². The molecule has 0 aliphatic rings. The Bertz CT molecular complexity index is 885. The Morgan fingerprint density at radius 1 is 1.24 bits per heavy atom. The highest BCUT2D eigenvalue weighted by Crippen LogP contribution is 2.26. The van der Waals surface area contributed by atoms with Crippen LogP contribution in [0.4, 0.5) is 10.1 Å². The molecule has 6 nitrogen and oxygen atoms in total. The van der Waals surface area contributed by atoms with Crippen molar-refractivity contribution in [2.75, 3.05) is 5.32 Å². The normalized spacial score (nSPS) is 10.8. The topological polar surface area (TPSA) is 90.6 Å². The van der Waals surface area contributed by atoms with Crippen molar-refractivity contribution in [3.63, 3.8) is 0 Å². The summed E-state index contributed by atoms with van der Waals surface area (Å²) in [7, 11) is 0. The maximum atomic E-state index is 12.7. The molecule has 1 amide bonds. The molecule has 3 N–H and O–H groups in total. The van der Waals surface area contributed by atoms with Gasteiger partial charge in [0, 0.05) is 10.7 Å². The van der Waals surface area contributed by atoms with Crippen molar-refractivity contribution in [2.45, 2.75) is 0 Å². The summed E-state index contributed by atoms with van der Waals surface area (Å²) < 4.78 is 13.3. The zero-order valence-electron chi connectivity index (χ0n) is 10.4. The lowest BCUT2D eigenvalue weighted by atomic mass is 10.2. The third-order valence-electron chi connectivity index (χ3n) is 2.84. The number of benzene rings is 1. The molecule has 8 heteroatoms. The molecule has 0 saturated carbocycles. The number of pyridine rings is 1. The Balaban J connectivity index is 1.93. The van der Waals surface area contributed by atoms with Crippen molar-refractivity contribution in [3.8, 4) is 0 Å². The fourth-order valence-electron chi connectivity index (χ4n) is 1.86. The number of hydrogen-bond acceptors (Lipinski definition) is 3. The summed E-state index contributed by atoms with van der Waals surface area (Å²) in [4.78, 5) is 31.9. The molecule has 2 heterocycles. The van der Waals surface area contributed by atoms with Gasteiger partial charge >= 0.3 is 5.69 Å². The molecule has 1 aromatic carbocycles. The number of halogens is 2. The van der Waals surface area contributed by atoms with E-state index in [9.17, 15) is 14.0 Å². The maximum absolute atomic E-state index is 12.7. The molecule has 2 aromatic heterocycles. The average Bonchev–Trinajstić information content (AvgIpc) is 2.79. The van der Waals surface area contributed by atoms with Gasteiger partial charge < -0.3 is 15.3 Å². The predicted molar refractivity (Wildman–Crippen MR) is 78.8 cm³/mol. The van der Waals surface area contributed by atoms with Gasteiger partial charge in [-0.1, -0.05) is 0 Å². The minimum Gasteiger partial charge on any atom is -0.321 e. The zero-order chi connectivity index (χ0) is 15.0. The van der Waals surface area contributed by atoms with Gasteiger partial charge in [-0.3, -0.25) is 4.79 Å². The van der Waals surface area contributed by atoms with Crippen molar-refractivity contribution < 1.29 is 9.18 Å². The van der Waals surface area contributed by atoms with Crippen LogP contribution in [0.3, 0.4) is 0 Å². The van der Waals surface area contributed by atoms with E-state index >= 15 is 0 Å².